The molecule has 3 rings (SSSR count). The van der Waals surface area contributed by atoms with Crippen LogP contribution in [-0.4, -0.2) is 24.0 Å². The van der Waals surface area contributed by atoms with Gasteiger partial charge in [-0.1, -0.05) is 6.07 Å². The van der Waals surface area contributed by atoms with Crippen LogP contribution < -0.4 is 5.32 Å². The molecule has 1 amide bonds. The fourth-order valence-corrected chi connectivity index (χ4v) is 2.40. The van der Waals surface area contributed by atoms with E-state index in [9.17, 15) is 9.59 Å². The number of carbonyl (C=O) groups excluding carboxylic acids is 2. The second-order valence-electron chi connectivity index (χ2n) is 5.76. The lowest BCUT2D eigenvalue weighted by Gasteiger charge is -2.07. The highest BCUT2D eigenvalue weighted by Crippen LogP contribution is 2.24. The van der Waals surface area contributed by atoms with E-state index in [-0.39, 0.29) is 5.91 Å². The number of oxazole rings is 1. The summed E-state index contributed by atoms with van der Waals surface area (Å²) >= 11 is 0. The normalized spacial score (nSPS) is 10.4. The Balaban J connectivity index is 1.77. The molecule has 0 unspecified atom stereocenters. The predicted molar refractivity (Wildman–Crippen MR) is 97.1 cm³/mol. The highest BCUT2D eigenvalue weighted by atomic mass is 16.5. The number of hydrogen-bond acceptors (Lipinski definition) is 5. The molecule has 0 atom stereocenters. The second-order valence-corrected chi connectivity index (χ2v) is 5.76. The number of carbonyl (C=O) groups is 2. The summed E-state index contributed by atoms with van der Waals surface area (Å²) in [5.41, 5.74) is 3.06. The van der Waals surface area contributed by atoms with Crippen molar-refractivity contribution in [3.05, 3.63) is 71.1 Å². The number of benzene rings is 2. The van der Waals surface area contributed by atoms with Gasteiger partial charge in [-0.25, -0.2) is 9.78 Å². The summed E-state index contributed by atoms with van der Waals surface area (Å²) in [5.74, 6) is 0.554. The third-order valence-corrected chi connectivity index (χ3v) is 3.96. The molecule has 0 saturated heterocycles. The summed E-state index contributed by atoms with van der Waals surface area (Å²) in [6.07, 6.45) is 0. The van der Waals surface area contributed by atoms with E-state index in [4.69, 9.17) is 4.42 Å². The van der Waals surface area contributed by atoms with Crippen molar-refractivity contribution in [1.29, 1.82) is 0 Å². The van der Waals surface area contributed by atoms with E-state index in [0.29, 0.717) is 22.7 Å². The number of rotatable bonds is 4. The van der Waals surface area contributed by atoms with Crippen molar-refractivity contribution in [2.24, 2.45) is 0 Å². The van der Waals surface area contributed by atoms with Gasteiger partial charge < -0.3 is 14.5 Å². The number of methoxy groups -OCH3 is 1. The molecule has 1 N–H and O–H groups in total. The number of ether oxygens (including phenoxy) is 1. The van der Waals surface area contributed by atoms with Crippen LogP contribution in [0.25, 0.3) is 11.5 Å². The number of aromatic nitrogens is 1. The van der Waals surface area contributed by atoms with Crippen LogP contribution >= 0.6 is 0 Å². The van der Waals surface area contributed by atoms with Gasteiger partial charge in [0.2, 0.25) is 5.89 Å². The molecular weight excluding hydrogens is 332 g/mol. The molecule has 0 saturated carbocycles. The molecule has 132 valence electrons. The largest absolute Gasteiger partial charge is 0.465 e. The van der Waals surface area contributed by atoms with E-state index in [2.05, 4.69) is 15.0 Å². The lowest BCUT2D eigenvalue weighted by atomic mass is 10.1. The van der Waals surface area contributed by atoms with Crippen LogP contribution in [0.2, 0.25) is 0 Å². The van der Waals surface area contributed by atoms with Crippen molar-refractivity contribution in [1.82, 2.24) is 4.98 Å². The van der Waals surface area contributed by atoms with Gasteiger partial charge in [-0.2, -0.15) is 0 Å². The van der Waals surface area contributed by atoms with Crippen molar-refractivity contribution in [3.8, 4) is 11.5 Å². The standard InChI is InChI=1S/C20H18N2O4/c1-12-13(2)26-19(21-12)16-5-4-6-17(11-16)22-18(23)14-7-9-15(10-8-14)20(24)25-3/h4-11H,1-3H3,(H,22,23). The van der Waals surface area contributed by atoms with Crippen LogP contribution in [-0.2, 0) is 4.74 Å². The first-order valence-corrected chi connectivity index (χ1v) is 8.02. The van der Waals surface area contributed by atoms with Gasteiger partial charge in [0.15, 0.2) is 0 Å². The molecule has 0 radical (unpaired) electrons. The van der Waals surface area contributed by atoms with E-state index >= 15 is 0 Å². The van der Waals surface area contributed by atoms with Crippen LogP contribution in [0.15, 0.2) is 52.9 Å². The maximum atomic E-state index is 12.4. The average molecular weight is 350 g/mol. The molecule has 6 nitrogen and oxygen atoms in total. The first-order chi connectivity index (χ1) is 12.5. The lowest BCUT2D eigenvalue weighted by Crippen LogP contribution is -2.12. The number of amides is 1. The van der Waals surface area contributed by atoms with E-state index in [1.807, 2.05) is 26.0 Å². The number of hydrogen-bond donors (Lipinski definition) is 1. The molecule has 0 fully saturated rings. The molecule has 1 heterocycles. The number of nitrogens with zero attached hydrogens (tertiary/aromatic N) is 1. The maximum Gasteiger partial charge on any atom is 0.337 e. The minimum atomic E-state index is -0.443. The van der Waals surface area contributed by atoms with E-state index in [1.165, 1.54) is 7.11 Å². The molecule has 0 bridgehead atoms. The van der Waals surface area contributed by atoms with Gasteiger partial charge in [0.1, 0.15) is 5.76 Å². The minimum Gasteiger partial charge on any atom is -0.465 e. The molecule has 0 aliphatic carbocycles. The van der Waals surface area contributed by atoms with E-state index in [1.54, 1.807) is 36.4 Å². The quantitative estimate of drug-likeness (QED) is 0.719. The number of aryl methyl sites for hydroxylation is 2. The molecule has 0 aliphatic rings. The Morgan fingerprint density at radius 1 is 1.04 bits per heavy atom. The summed E-state index contributed by atoms with van der Waals surface area (Å²) in [6, 6.07) is 13.5. The Morgan fingerprint density at radius 3 is 2.35 bits per heavy atom. The zero-order valence-corrected chi connectivity index (χ0v) is 14.7. The molecule has 0 aliphatic heterocycles. The molecule has 26 heavy (non-hydrogen) atoms. The van der Waals surface area contributed by atoms with E-state index < -0.39 is 5.97 Å². The van der Waals surface area contributed by atoms with Crippen molar-refractivity contribution >= 4 is 17.6 Å². The van der Waals surface area contributed by atoms with Gasteiger partial charge in [-0.3, -0.25) is 4.79 Å². The first kappa shape index (κ1) is 17.4. The van der Waals surface area contributed by atoms with Crippen LogP contribution in [0.1, 0.15) is 32.2 Å². The zero-order chi connectivity index (χ0) is 18.7. The Bertz CT molecular complexity index is 939. The maximum absolute atomic E-state index is 12.4. The molecule has 6 heteroatoms. The SMILES string of the molecule is COC(=O)c1ccc(C(=O)Nc2cccc(-c3nc(C)c(C)o3)c2)cc1. The topological polar surface area (TPSA) is 81.4 Å². The molecule has 0 spiro atoms. The van der Waals surface area contributed by atoms with Gasteiger partial charge in [0.05, 0.1) is 18.4 Å². The molecule has 3 aromatic rings. The highest BCUT2D eigenvalue weighted by molar-refractivity contribution is 6.05. The van der Waals surface area contributed by atoms with Crippen molar-refractivity contribution < 1.29 is 18.7 Å². The van der Waals surface area contributed by atoms with Crippen LogP contribution in [0.5, 0.6) is 0 Å². The summed E-state index contributed by atoms with van der Waals surface area (Å²) in [4.78, 5) is 28.2. The Kier molecular flexibility index (Phi) is 4.84. The predicted octanol–water partition coefficient (Wildman–Crippen LogP) is 4.00. The van der Waals surface area contributed by atoms with Gasteiger partial charge in [0, 0.05) is 16.8 Å². The van der Waals surface area contributed by atoms with E-state index in [0.717, 1.165) is 17.0 Å². The zero-order valence-electron chi connectivity index (χ0n) is 14.7. The summed E-state index contributed by atoms with van der Waals surface area (Å²) in [5, 5.41) is 2.83. The van der Waals surface area contributed by atoms with Gasteiger partial charge >= 0.3 is 5.97 Å². The fraction of sp³-hybridized carbons (Fsp3) is 0.150. The number of nitrogens with one attached hydrogen (secondary N) is 1. The Labute approximate surface area is 150 Å². The highest BCUT2D eigenvalue weighted by Gasteiger charge is 2.12. The van der Waals surface area contributed by atoms with Crippen LogP contribution in [0.4, 0.5) is 5.69 Å². The summed E-state index contributed by atoms with van der Waals surface area (Å²) < 4.78 is 10.3. The van der Waals surface area contributed by atoms with Crippen LogP contribution in [0.3, 0.4) is 0 Å². The number of esters is 1. The smallest absolute Gasteiger partial charge is 0.337 e. The lowest BCUT2D eigenvalue weighted by molar-refractivity contribution is 0.0600. The van der Waals surface area contributed by atoms with Crippen molar-refractivity contribution in [3.63, 3.8) is 0 Å². The third-order valence-electron chi connectivity index (χ3n) is 3.96. The Morgan fingerprint density at radius 2 is 1.73 bits per heavy atom. The Hall–Kier alpha value is -3.41. The fourth-order valence-electron chi connectivity index (χ4n) is 2.40. The number of anilines is 1. The van der Waals surface area contributed by atoms with Crippen molar-refractivity contribution in [2.75, 3.05) is 12.4 Å². The second kappa shape index (κ2) is 7.23. The van der Waals surface area contributed by atoms with Crippen LogP contribution in [0, 0.1) is 13.8 Å². The molecule has 1 aromatic heterocycles. The first-order valence-electron chi connectivity index (χ1n) is 8.02. The third kappa shape index (κ3) is 3.64. The van der Waals surface area contributed by atoms with Crippen molar-refractivity contribution in [2.45, 2.75) is 13.8 Å². The van der Waals surface area contributed by atoms with Gasteiger partial charge in [-0.05, 0) is 56.3 Å². The molecule has 2 aromatic carbocycles. The van der Waals surface area contributed by atoms with Gasteiger partial charge in [-0.15, -0.1) is 0 Å². The van der Waals surface area contributed by atoms with Gasteiger partial charge in [0.25, 0.3) is 5.91 Å². The minimum absolute atomic E-state index is 0.279. The summed E-state index contributed by atoms with van der Waals surface area (Å²) in [6.45, 7) is 3.74. The molecular formula is C20H18N2O4. The monoisotopic (exact) mass is 350 g/mol. The summed E-state index contributed by atoms with van der Waals surface area (Å²) in [7, 11) is 1.31. The average Bonchev–Trinajstić information content (AvgIpc) is 3.00.